The molecule has 3 aromatic rings. The minimum atomic E-state index is -3.69. The van der Waals surface area contributed by atoms with Gasteiger partial charge in [0.25, 0.3) is 11.8 Å². The van der Waals surface area contributed by atoms with E-state index in [0.29, 0.717) is 30.1 Å². The quantitative estimate of drug-likeness (QED) is 0.574. The first-order chi connectivity index (χ1) is 15.3. The van der Waals surface area contributed by atoms with Crippen molar-refractivity contribution in [2.75, 3.05) is 6.54 Å². The lowest BCUT2D eigenvalue weighted by Crippen LogP contribution is -2.41. The number of fused-ring (bicyclic) bond motifs is 1. The summed E-state index contributed by atoms with van der Waals surface area (Å²) in [5, 5.41) is 0.401. The maximum atomic E-state index is 13.0. The van der Waals surface area contributed by atoms with Gasteiger partial charge in [-0.25, -0.2) is 8.42 Å². The molecule has 0 unspecified atom stereocenters. The molecule has 1 heterocycles. The molecule has 2 N–H and O–H groups in total. The summed E-state index contributed by atoms with van der Waals surface area (Å²) in [7, 11) is -3.69. The van der Waals surface area contributed by atoms with E-state index in [1.807, 2.05) is 24.3 Å². The number of amides is 2. The molecule has 3 aromatic carbocycles. The summed E-state index contributed by atoms with van der Waals surface area (Å²) in [6.07, 6.45) is 0.655. The minimum Gasteiger partial charge on any atom is -0.267 e. The standard InChI is InChI=1S/C23H20ClN3O4S/c24-20-7-3-6-18(14-20)23(29)26-25-22(28)17-8-10-21(11-9-17)32(30,31)27-13-12-16-4-1-2-5-19(16)15-27/h1-11,14H,12-13,15H2,(H,25,28)(H,26,29). The zero-order chi connectivity index (χ0) is 22.7. The summed E-state index contributed by atoms with van der Waals surface area (Å²) in [5.74, 6) is -1.10. The lowest BCUT2D eigenvalue weighted by molar-refractivity contribution is 0.0846. The Morgan fingerprint density at radius 3 is 2.16 bits per heavy atom. The number of benzene rings is 3. The predicted octanol–water partition coefficient (Wildman–Crippen LogP) is 3.16. The van der Waals surface area contributed by atoms with Crippen LogP contribution in [0.1, 0.15) is 31.8 Å². The molecule has 0 radical (unpaired) electrons. The number of rotatable bonds is 4. The first-order valence-electron chi connectivity index (χ1n) is 9.88. The Kier molecular flexibility index (Phi) is 6.27. The Morgan fingerprint density at radius 2 is 1.47 bits per heavy atom. The van der Waals surface area contributed by atoms with Gasteiger partial charge < -0.3 is 0 Å². The Labute approximate surface area is 191 Å². The SMILES string of the molecule is O=C(NNC(=O)c1cccc(Cl)c1)c1ccc(S(=O)(=O)N2CCc3ccccc3C2)cc1. The van der Waals surface area contributed by atoms with Gasteiger partial charge in [-0.05, 0) is 60.0 Å². The highest BCUT2D eigenvalue weighted by molar-refractivity contribution is 7.89. The average molecular weight is 470 g/mol. The zero-order valence-electron chi connectivity index (χ0n) is 16.9. The first kappa shape index (κ1) is 22.0. The number of hydrazine groups is 1. The molecule has 1 aliphatic rings. The van der Waals surface area contributed by atoms with Gasteiger partial charge in [0.2, 0.25) is 10.0 Å². The van der Waals surface area contributed by atoms with Crippen molar-refractivity contribution in [2.24, 2.45) is 0 Å². The highest BCUT2D eigenvalue weighted by atomic mass is 35.5. The summed E-state index contributed by atoms with van der Waals surface area (Å²) in [4.78, 5) is 24.6. The molecule has 0 aliphatic carbocycles. The van der Waals surface area contributed by atoms with E-state index < -0.39 is 21.8 Å². The summed E-state index contributed by atoms with van der Waals surface area (Å²) in [6, 6.07) is 19.7. The zero-order valence-corrected chi connectivity index (χ0v) is 18.5. The van der Waals surface area contributed by atoms with Crippen LogP contribution in [0.15, 0.2) is 77.7 Å². The molecule has 0 spiro atoms. The highest BCUT2D eigenvalue weighted by Gasteiger charge is 2.28. The van der Waals surface area contributed by atoms with Crippen molar-refractivity contribution in [2.45, 2.75) is 17.9 Å². The lowest BCUT2D eigenvalue weighted by atomic mass is 10.0. The van der Waals surface area contributed by atoms with E-state index in [-0.39, 0.29) is 10.5 Å². The van der Waals surface area contributed by atoms with Crippen molar-refractivity contribution in [3.05, 3.63) is 100 Å². The fourth-order valence-corrected chi connectivity index (χ4v) is 5.10. The second-order valence-electron chi connectivity index (χ2n) is 7.30. The van der Waals surface area contributed by atoms with Crippen LogP contribution in [0.5, 0.6) is 0 Å². The lowest BCUT2D eigenvalue weighted by Gasteiger charge is -2.28. The van der Waals surface area contributed by atoms with E-state index in [9.17, 15) is 18.0 Å². The Morgan fingerprint density at radius 1 is 0.812 bits per heavy atom. The molecular weight excluding hydrogens is 450 g/mol. The third-order valence-electron chi connectivity index (χ3n) is 5.23. The average Bonchev–Trinajstić information content (AvgIpc) is 2.82. The van der Waals surface area contributed by atoms with E-state index in [2.05, 4.69) is 10.9 Å². The van der Waals surface area contributed by atoms with Crippen molar-refractivity contribution in [1.29, 1.82) is 0 Å². The van der Waals surface area contributed by atoms with Crippen molar-refractivity contribution >= 4 is 33.4 Å². The van der Waals surface area contributed by atoms with Crippen molar-refractivity contribution in [3.63, 3.8) is 0 Å². The molecule has 32 heavy (non-hydrogen) atoms. The molecule has 0 bridgehead atoms. The van der Waals surface area contributed by atoms with Crippen LogP contribution in [0.25, 0.3) is 0 Å². The van der Waals surface area contributed by atoms with Gasteiger partial charge in [0.1, 0.15) is 0 Å². The summed E-state index contributed by atoms with van der Waals surface area (Å²) in [6.45, 7) is 0.716. The minimum absolute atomic E-state index is 0.108. The van der Waals surface area contributed by atoms with Crippen molar-refractivity contribution in [1.82, 2.24) is 15.2 Å². The van der Waals surface area contributed by atoms with Crippen LogP contribution >= 0.6 is 11.6 Å². The van der Waals surface area contributed by atoms with Crippen molar-refractivity contribution in [3.8, 4) is 0 Å². The van der Waals surface area contributed by atoms with Crippen LogP contribution < -0.4 is 10.9 Å². The number of carbonyl (C=O) groups is 2. The van der Waals surface area contributed by atoms with Crippen LogP contribution in [0.3, 0.4) is 0 Å². The Bertz CT molecular complexity index is 1280. The third-order valence-corrected chi connectivity index (χ3v) is 7.32. The van der Waals surface area contributed by atoms with Crippen LogP contribution in [-0.2, 0) is 23.0 Å². The number of hydrogen-bond acceptors (Lipinski definition) is 4. The Balaban J connectivity index is 1.41. The largest absolute Gasteiger partial charge is 0.269 e. The predicted molar refractivity (Wildman–Crippen MR) is 121 cm³/mol. The molecule has 0 aromatic heterocycles. The van der Waals surface area contributed by atoms with Gasteiger partial charge in [-0.15, -0.1) is 0 Å². The molecule has 0 saturated carbocycles. The van der Waals surface area contributed by atoms with Crippen LogP contribution in [0.2, 0.25) is 5.02 Å². The van der Waals surface area contributed by atoms with Gasteiger partial charge in [-0.3, -0.25) is 20.4 Å². The van der Waals surface area contributed by atoms with Crippen LogP contribution in [0.4, 0.5) is 0 Å². The van der Waals surface area contributed by atoms with E-state index in [4.69, 9.17) is 11.6 Å². The van der Waals surface area contributed by atoms with Gasteiger partial charge in [0.05, 0.1) is 4.90 Å². The van der Waals surface area contributed by atoms with Gasteiger partial charge in [0.15, 0.2) is 0 Å². The van der Waals surface area contributed by atoms with Gasteiger partial charge in [0, 0.05) is 29.2 Å². The number of sulfonamides is 1. The molecule has 1 aliphatic heterocycles. The molecule has 4 rings (SSSR count). The number of nitrogens with one attached hydrogen (secondary N) is 2. The van der Waals surface area contributed by atoms with Crippen LogP contribution in [0, 0.1) is 0 Å². The monoisotopic (exact) mass is 469 g/mol. The van der Waals surface area contributed by atoms with Crippen LogP contribution in [-0.4, -0.2) is 31.1 Å². The van der Waals surface area contributed by atoms with E-state index in [0.717, 1.165) is 11.1 Å². The summed E-state index contributed by atoms with van der Waals surface area (Å²) >= 11 is 5.86. The smallest absolute Gasteiger partial charge is 0.267 e. The molecule has 9 heteroatoms. The number of hydrogen-bond donors (Lipinski definition) is 2. The number of carbonyl (C=O) groups excluding carboxylic acids is 2. The van der Waals surface area contributed by atoms with Crippen molar-refractivity contribution < 1.29 is 18.0 Å². The third kappa shape index (κ3) is 4.67. The fraction of sp³-hybridized carbons (Fsp3) is 0.130. The molecule has 164 valence electrons. The maximum absolute atomic E-state index is 13.0. The normalized spacial score (nSPS) is 13.8. The van der Waals surface area contributed by atoms with E-state index >= 15 is 0 Å². The Hall–Kier alpha value is -3.20. The summed E-state index contributed by atoms with van der Waals surface area (Å²) in [5.41, 5.74) is 7.27. The summed E-state index contributed by atoms with van der Waals surface area (Å²) < 4.78 is 27.5. The topological polar surface area (TPSA) is 95.6 Å². The van der Waals surface area contributed by atoms with Gasteiger partial charge in [-0.2, -0.15) is 4.31 Å². The molecular formula is C23H20ClN3O4S. The second kappa shape index (κ2) is 9.12. The molecule has 0 fully saturated rings. The second-order valence-corrected chi connectivity index (χ2v) is 9.67. The highest BCUT2D eigenvalue weighted by Crippen LogP contribution is 2.25. The van der Waals surface area contributed by atoms with E-state index in [1.165, 1.54) is 34.6 Å². The fourth-order valence-electron chi connectivity index (χ4n) is 3.49. The van der Waals surface area contributed by atoms with Gasteiger partial charge >= 0.3 is 0 Å². The first-order valence-corrected chi connectivity index (χ1v) is 11.7. The molecule has 0 saturated heterocycles. The number of nitrogens with zero attached hydrogens (tertiary/aromatic N) is 1. The molecule has 2 amide bonds. The maximum Gasteiger partial charge on any atom is 0.269 e. The van der Waals surface area contributed by atoms with E-state index in [1.54, 1.807) is 18.2 Å². The van der Waals surface area contributed by atoms with Gasteiger partial charge in [-0.1, -0.05) is 41.9 Å². The molecule has 0 atom stereocenters. The molecule has 7 nitrogen and oxygen atoms in total. The number of halogens is 1.